The Kier molecular flexibility index (Phi) is 5.22. The molecule has 3 heteroatoms. The number of aliphatic hydroxyl groups is 1. The topological polar surface area (TPSA) is 35.5 Å². The summed E-state index contributed by atoms with van der Waals surface area (Å²) < 4.78 is 0. The quantitative estimate of drug-likeness (QED) is 0.722. The smallest absolute Gasteiger partial charge is 0.0679 e. The van der Waals surface area contributed by atoms with Crippen LogP contribution in [0.2, 0.25) is 0 Å². The predicted molar refractivity (Wildman–Crippen MR) is 68.6 cm³/mol. The average Bonchev–Trinajstić information content (AvgIpc) is 2.59. The summed E-state index contributed by atoms with van der Waals surface area (Å²) in [4.78, 5) is 2.38. The average molecular weight is 228 g/mol. The summed E-state index contributed by atoms with van der Waals surface area (Å²) in [6.07, 6.45) is 2.02. The SMILES string of the molecule is CCCNC(C)C(C)(C)CN1CCC(O)C1. The number of likely N-dealkylation sites (tertiary alicyclic amines) is 1. The maximum absolute atomic E-state index is 9.52. The van der Waals surface area contributed by atoms with Crippen molar-refractivity contribution < 1.29 is 5.11 Å². The summed E-state index contributed by atoms with van der Waals surface area (Å²) in [7, 11) is 0. The lowest BCUT2D eigenvalue weighted by molar-refractivity contribution is 0.136. The van der Waals surface area contributed by atoms with Crippen LogP contribution in [-0.2, 0) is 0 Å². The molecule has 0 aromatic rings. The molecule has 1 saturated heterocycles. The lowest BCUT2D eigenvalue weighted by Gasteiger charge is -2.36. The molecule has 0 amide bonds. The maximum atomic E-state index is 9.52. The van der Waals surface area contributed by atoms with Crippen molar-refractivity contribution in [3.63, 3.8) is 0 Å². The Hall–Kier alpha value is -0.120. The molecule has 2 unspecified atom stereocenters. The van der Waals surface area contributed by atoms with Crippen molar-refractivity contribution >= 4 is 0 Å². The minimum absolute atomic E-state index is 0.102. The molecule has 96 valence electrons. The number of rotatable bonds is 6. The summed E-state index contributed by atoms with van der Waals surface area (Å²) in [5, 5.41) is 13.1. The van der Waals surface area contributed by atoms with Gasteiger partial charge in [0.15, 0.2) is 0 Å². The lowest BCUT2D eigenvalue weighted by atomic mass is 9.84. The van der Waals surface area contributed by atoms with Crippen LogP contribution in [0.15, 0.2) is 0 Å². The normalized spacial score (nSPS) is 24.9. The van der Waals surface area contributed by atoms with E-state index in [4.69, 9.17) is 0 Å². The minimum atomic E-state index is -0.102. The minimum Gasteiger partial charge on any atom is -0.392 e. The van der Waals surface area contributed by atoms with Gasteiger partial charge in [-0.15, -0.1) is 0 Å². The highest BCUT2D eigenvalue weighted by molar-refractivity contribution is 4.86. The van der Waals surface area contributed by atoms with Gasteiger partial charge in [-0.3, -0.25) is 0 Å². The van der Waals surface area contributed by atoms with Gasteiger partial charge in [-0.2, -0.15) is 0 Å². The van der Waals surface area contributed by atoms with Crippen molar-refractivity contribution in [2.24, 2.45) is 5.41 Å². The third-order valence-corrected chi connectivity index (χ3v) is 3.75. The molecule has 0 aromatic carbocycles. The number of aliphatic hydroxyl groups excluding tert-OH is 1. The third-order valence-electron chi connectivity index (χ3n) is 3.75. The molecule has 0 saturated carbocycles. The molecule has 0 aromatic heterocycles. The highest BCUT2D eigenvalue weighted by Gasteiger charge is 2.30. The molecule has 0 radical (unpaired) electrons. The van der Waals surface area contributed by atoms with Crippen LogP contribution in [-0.4, -0.2) is 48.3 Å². The van der Waals surface area contributed by atoms with Crippen LogP contribution in [0.4, 0.5) is 0 Å². The summed E-state index contributed by atoms with van der Waals surface area (Å²) in [5.74, 6) is 0. The van der Waals surface area contributed by atoms with E-state index in [2.05, 4.69) is 37.9 Å². The number of nitrogens with one attached hydrogen (secondary N) is 1. The molecule has 2 atom stereocenters. The molecular weight excluding hydrogens is 200 g/mol. The molecule has 16 heavy (non-hydrogen) atoms. The van der Waals surface area contributed by atoms with E-state index < -0.39 is 0 Å². The van der Waals surface area contributed by atoms with Gasteiger partial charge in [0, 0.05) is 25.7 Å². The Morgan fingerprint density at radius 2 is 2.19 bits per heavy atom. The fourth-order valence-corrected chi connectivity index (χ4v) is 2.31. The van der Waals surface area contributed by atoms with Crippen LogP contribution in [0.3, 0.4) is 0 Å². The first kappa shape index (κ1) is 13.9. The molecular formula is C13H28N2O. The zero-order valence-electron chi connectivity index (χ0n) is 11.3. The second kappa shape index (κ2) is 5.99. The van der Waals surface area contributed by atoms with Crippen molar-refractivity contribution in [1.82, 2.24) is 10.2 Å². The number of β-amino-alcohol motifs (C(OH)–C–C–N with tert-alkyl or cyclic N) is 1. The standard InChI is InChI=1S/C13H28N2O/c1-5-7-14-11(2)13(3,4)10-15-8-6-12(16)9-15/h11-12,14,16H,5-10H2,1-4H3. The molecule has 1 fully saturated rings. The van der Waals surface area contributed by atoms with E-state index >= 15 is 0 Å². The number of hydrogen-bond donors (Lipinski definition) is 2. The van der Waals surface area contributed by atoms with Gasteiger partial charge < -0.3 is 15.3 Å². The van der Waals surface area contributed by atoms with E-state index in [1.807, 2.05) is 0 Å². The van der Waals surface area contributed by atoms with Crippen molar-refractivity contribution in [2.75, 3.05) is 26.2 Å². The summed E-state index contributed by atoms with van der Waals surface area (Å²) in [5.41, 5.74) is 0.263. The maximum Gasteiger partial charge on any atom is 0.0679 e. The van der Waals surface area contributed by atoms with E-state index in [-0.39, 0.29) is 11.5 Å². The van der Waals surface area contributed by atoms with E-state index in [1.54, 1.807) is 0 Å². The molecule has 0 spiro atoms. The van der Waals surface area contributed by atoms with Gasteiger partial charge in [-0.1, -0.05) is 20.8 Å². The van der Waals surface area contributed by atoms with Crippen molar-refractivity contribution in [3.8, 4) is 0 Å². The first-order valence-corrected chi connectivity index (χ1v) is 6.59. The highest BCUT2D eigenvalue weighted by Crippen LogP contribution is 2.24. The Labute approximate surface area is 100 Å². The molecule has 0 bridgehead atoms. The molecule has 3 nitrogen and oxygen atoms in total. The Bertz CT molecular complexity index is 206. The Balaban J connectivity index is 2.37. The summed E-state index contributed by atoms with van der Waals surface area (Å²) >= 11 is 0. The first-order valence-electron chi connectivity index (χ1n) is 6.59. The first-order chi connectivity index (χ1) is 7.45. The van der Waals surface area contributed by atoms with Crippen LogP contribution in [0.5, 0.6) is 0 Å². The van der Waals surface area contributed by atoms with Gasteiger partial charge in [-0.25, -0.2) is 0 Å². The Morgan fingerprint density at radius 1 is 1.50 bits per heavy atom. The van der Waals surface area contributed by atoms with Crippen LogP contribution in [0, 0.1) is 5.41 Å². The van der Waals surface area contributed by atoms with Crippen molar-refractivity contribution in [2.45, 2.75) is 52.7 Å². The monoisotopic (exact) mass is 228 g/mol. The summed E-state index contributed by atoms with van der Waals surface area (Å²) in [6.45, 7) is 13.1. The number of hydrogen-bond acceptors (Lipinski definition) is 3. The fraction of sp³-hybridized carbons (Fsp3) is 1.00. The molecule has 1 aliphatic rings. The molecule has 2 N–H and O–H groups in total. The van der Waals surface area contributed by atoms with Crippen LogP contribution >= 0.6 is 0 Å². The van der Waals surface area contributed by atoms with Gasteiger partial charge in [0.1, 0.15) is 0 Å². The van der Waals surface area contributed by atoms with Gasteiger partial charge >= 0.3 is 0 Å². The molecule has 1 rings (SSSR count). The molecule has 0 aliphatic carbocycles. The second-order valence-electron chi connectivity index (χ2n) is 5.84. The lowest BCUT2D eigenvalue weighted by Crippen LogP contribution is -2.46. The van der Waals surface area contributed by atoms with Crippen LogP contribution < -0.4 is 5.32 Å². The largest absolute Gasteiger partial charge is 0.392 e. The van der Waals surface area contributed by atoms with Gasteiger partial charge in [0.2, 0.25) is 0 Å². The zero-order chi connectivity index (χ0) is 12.2. The Morgan fingerprint density at radius 3 is 2.69 bits per heavy atom. The molecule has 1 heterocycles. The molecule has 1 aliphatic heterocycles. The van der Waals surface area contributed by atoms with Crippen molar-refractivity contribution in [1.29, 1.82) is 0 Å². The zero-order valence-corrected chi connectivity index (χ0v) is 11.3. The van der Waals surface area contributed by atoms with Gasteiger partial charge in [-0.05, 0) is 31.7 Å². The highest BCUT2D eigenvalue weighted by atomic mass is 16.3. The third kappa shape index (κ3) is 4.04. The predicted octanol–water partition coefficient (Wildman–Crippen LogP) is 1.47. The van der Waals surface area contributed by atoms with E-state index in [0.717, 1.165) is 32.6 Å². The van der Waals surface area contributed by atoms with Crippen LogP contribution in [0.25, 0.3) is 0 Å². The fourth-order valence-electron chi connectivity index (χ4n) is 2.31. The van der Waals surface area contributed by atoms with Crippen LogP contribution in [0.1, 0.15) is 40.5 Å². The van der Waals surface area contributed by atoms with E-state index in [1.165, 1.54) is 6.42 Å². The van der Waals surface area contributed by atoms with E-state index in [9.17, 15) is 5.11 Å². The number of nitrogens with zero attached hydrogens (tertiary/aromatic N) is 1. The van der Waals surface area contributed by atoms with Crippen molar-refractivity contribution in [3.05, 3.63) is 0 Å². The second-order valence-corrected chi connectivity index (χ2v) is 5.84. The van der Waals surface area contributed by atoms with Gasteiger partial charge in [0.05, 0.1) is 6.10 Å². The van der Waals surface area contributed by atoms with E-state index in [0.29, 0.717) is 6.04 Å². The summed E-state index contributed by atoms with van der Waals surface area (Å²) in [6, 6.07) is 0.519. The van der Waals surface area contributed by atoms with Gasteiger partial charge in [0.25, 0.3) is 0 Å².